The van der Waals surface area contributed by atoms with Crippen LogP contribution in [0.3, 0.4) is 0 Å². The summed E-state index contributed by atoms with van der Waals surface area (Å²) < 4.78 is 0. The predicted molar refractivity (Wildman–Crippen MR) is 53.8 cm³/mol. The van der Waals surface area contributed by atoms with Crippen LogP contribution in [0, 0.1) is 0 Å². The molecule has 0 aliphatic carbocycles. The van der Waals surface area contributed by atoms with Gasteiger partial charge in [0.05, 0.1) is 17.8 Å². The van der Waals surface area contributed by atoms with Crippen LogP contribution in [0.25, 0.3) is 0 Å². The highest BCUT2D eigenvalue weighted by Gasteiger charge is 2.13. The Kier molecular flexibility index (Phi) is 2.47. The third-order valence-corrected chi connectivity index (χ3v) is 2.74. The number of aliphatic hydroxyl groups is 1. The Hall–Kier alpha value is -1.40. The van der Waals surface area contributed by atoms with E-state index in [1.54, 1.807) is 17.9 Å². The molecule has 2 aromatic rings. The van der Waals surface area contributed by atoms with Crippen LogP contribution in [-0.2, 0) is 6.42 Å². The van der Waals surface area contributed by atoms with Crippen LogP contribution in [0.2, 0.25) is 0 Å². The Morgan fingerprint density at radius 1 is 1.57 bits per heavy atom. The Morgan fingerprint density at radius 3 is 3.00 bits per heavy atom. The average molecular weight is 210 g/mol. The SMILES string of the molecule is Nc1[nH]ncc1C(O)Cc1cncs1. The Morgan fingerprint density at radius 2 is 2.43 bits per heavy atom. The van der Waals surface area contributed by atoms with Gasteiger partial charge in [-0.1, -0.05) is 0 Å². The summed E-state index contributed by atoms with van der Waals surface area (Å²) in [5, 5.41) is 16.1. The van der Waals surface area contributed by atoms with Crippen molar-refractivity contribution in [2.75, 3.05) is 5.73 Å². The molecule has 0 aliphatic heterocycles. The van der Waals surface area contributed by atoms with E-state index in [1.807, 2.05) is 0 Å². The van der Waals surface area contributed by atoms with Crippen LogP contribution in [0.4, 0.5) is 5.82 Å². The fourth-order valence-electron chi connectivity index (χ4n) is 1.21. The van der Waals surface area contributed by atoms with Gasteiger partial charge >= 0.3 is 0 Å². The van der Waals surface area contributed by atoms with E-state index in [2.05, 4.69) is 15.2 Å². The van der Waals surface area contributed by atoms with Gasteiger partial charge in [-0.05, 0) is 0 Å². The monoisotopic (exact) mass is 210 g/mol. The lowest BCUT2D eigenvalue weighted by molar-refractivity contribution is 0.180. The van der Waals surface area contributed by atoms with Crippen molar-refractivity contribution in [2.45, 2.75) is 12.5 Å². The molecule has 14 heavy (non-hydrogen) atoms. The molecule has 2 rings (SSSR count). The molecular formula is C8H10N4OS. The number of aromatic nitrogens is 3. The highest BCUT2D eigenvalue weighted by Crippen LogP contribution is 2.22. The minimum Gasteiger partial charge on any atom is -0.388 e. The quantitative estimate of drug-likeness (QED) is 0.696. The van der Waals surface area contributed by atoms with Crippen molar-refractivity contribution in [3.63, 3.8) is 0 Å². The number of thiazole rings is 1. The highest BCUT2D eigenvalue weighted by molar-refractivity contribution is 7.09. The maximum atomic E-state index is 9.80. The second-order valence-electron chi connectivity index (χ2n) is 2.93. The van der Waals surface area contributed by atoms with Crippen LogP contribution < -0.4 is 5.73 Å². The van der Waals surface area contributed by atoms with E-state index in [9.17, 15) is 5.11 Å². The van der Waals surface area contributed by atoms with Gasteiger partial charge in [0.15, 0.2) is 0 Å². The zero-order chi connectivity index (χ0) is 9.97. The van der Waals surface area contributed by atoms with E-state index < -0.39 is 6.10 Å². The normalized spacial score (nSPS) is 12.9. The number of nitrogens with one attached hydrogen (secondary N) is 1. The molecule has 0 bridgehead atoms. The zero-order valence-electron chi connectivity index (χ0n) is 7.34. The number of aromatic amines is 1. The standard InChI is InChI=1S/C8H10N4OS/c9-8-6(3-11-12-8)7(13)1-5-2-10-4-14-5/h2-4,7,13H,1H2,(H3,9,11,12). The van der Waals surface area contributed by atoms with Crippen molar-refractivity contribution in [1.29, 1.82) is 0 Å². The number of H-pyrrole nitrogens is 1. The lowest BCUT2D eigenvalue weighted by atomic mass is 10.1. The molecule has 0 saturated carbocycles. The third-order valence-electron chi connectivity index (χ3n) is 1.94. The molecule has 0 saturated heterocycles. The fraction of sp³-hybridized carbons (Fsp3) is 0.250. The summed E-state index contributed by atoms with van der Waals surface area (Å²) in [6.07, 6.45) is 3.19. The topological polar surface area (TPSA) is 87.8 Å². The van der Waals surface area contributed by atoms with E-state index in [0.29, 0.717) is 17.8 Å². The highest BCUT2D eigenvalue weighted by atomic mass is 32.1. The molecule has 0 fully saturated rings. The molecule has 4 N–H and O–H groups in total. The molecule has 0 aromatic carbocycles. The Labute approximate surface area is 84.6 Å². The van der Waals surface area contributed by atoms with E-state index in [0.717, 1.165) is 4.88 Å². The maximum Gasteiger partial charge on any atom is 0.124 e. The summed E-state index contributed by atoms with van der Waals surface area (Å²) in [6.45, 7) is 0. The Bertz CT molecular complexity index is 397. The van der Waals surface area contributed by atoms with Gasteiger partial charge in [-0.2, -0.15) is 5.10 Å². The molecular weight excluding hydrogens is 200 g/mol. The number of anilines is 1. The second-order valence-corrected chi connectivity index (χ2v) is 3.90. The van der Waals surface area contributed by atoms with E-state index >= 15 is 0 Å². The minimum atomic E-state index is -0.616. The second kappa shape index (κ2) is 3.77. The first-order valence-electron chi connectivity index (χ1n) is 4.11. The molecule has 6 heteroatoms. The number of hydrogen-bond donors (Lipinski definition) is 3. The molecule has 5 nitrogen and oxygen atoms in total. The number of nitrogen functional groups attached to an aromatic ring is 1. The number of nitrogens with two attached hydrogens (primary N) is 1. The first-order chi connectivity index (χ1) is 6.77. The lowest BCUT2D eigenvalue weighted by Gasteiger charge is -2.06. The molecule has 0 radical (unpaired) electrons. The van der Waals surface area contributed by atoms with Crippen LogP contribution in [0.5, 0.6) is 0 Å². The van der Waals surface area contributed by atoms with Gasteiger partial charge in [-0.15, -0.1) is 11.3 Å². The largest absolute Gasteiger partial charge is 0.388 e. The van der Waals surface area contributed by atoms with Crippen molar-refractivity contribution < 1.29 is 5.11 Å². The summed E-state index contributed by atoms with van der Waals surface area (Å²) >= 11 is 1.51. The van der Waals surface area contributed by atoms with E-state index in [-0.39, 0.29) is 0 Å². The van der Waals surface area contributed by atoms with Gasteiger partial charge in [0, 0.05) is 23.1 Å². The molecule has 0 aliphatic rings. The number of aliphatic hydroxyl groups excluding tert-OH is 1. The van der Waals surface area contributed by atoms with Gasteiger partial charge in [0.1, 0.15) is 5.82 Å². The van der Waals surface area contributed by atoms with Crippen molar-refractivity contribution in [3.05, 3.63) is 28.3 Å². The van der Waals surface area contributed by atoms with Crippen molar-refractivity contribution in [3.8, 4) is 0 Å². The molecule has 0 spiro atoms. The van der Waals surface area contributed by atoms with Gasteiger partial charge in [-0.25, -0.2) is 0 Å². The Balaban J connectivity index is 2.10. The summed E-state index contributed by atoms with van der Waals surface area (Å²) in [5.74, 6) is 0.419. The molecule has 2 aromatic heterocycles. The fourth-order valence-corrected chi connectivity index (χ4v) is 1.85. The smallest absolute Gasteiger partial charge is 0.124 e. The van der Waals surface area contributed by atoms with Crippen molar-refractivity contribution >= 4 is 17.2 Å². The van der Waals surface area contributed by atoms with E-state index in [1.165, 1.54) is 11.3 Å². The lowest BCUT2D eigenvalue weighted by Crippen LogP contribution is -2.02. The van der Waals surface area contributed by atoms with Gasteiger partial charge in [0.2, 0.25) is 0 Å². The van der Waals surface area contributed by atoms with Crippen molar-refractivity contribution in [2.24, 2.45) is 0 Å². The first kappa shape index (κ1) is 9.17. The molecule has 2 heterocycles. The van der Waals surface area contributed by atoms with Crippen LogP contribution >= 0.6 is 11.3 Å². The first-order valence-corrected chi connectivity index (χ1v) is 4.99. The summed E-state index contributed by atoms with van der Waals surface area (Å²) in [6, 6.07) is 0. The van der Waals surface area contributed by atoms with Gasteiger partial charge < -0.3 is 10.8 Å². The average Bonchev–Trinajstić information content (AvgIpc) is 2.75. The van der Waals surface area contributed by atoms with Gasteiger partial charge in [0.25, 0.3) is 0 Å². The predicted octanol–water partition coefficient (Wildman–Crippen LogP) is 0.724. The number of hydrogen-bond acceptors (Lipinski definition) is 5. The summed E-state index contributed by atoms with van der Waals surface area (Å²) in [4.78, 5) is 4.96. The molecule has 1 atom stereocenters. The van der Waals surface area contributed by atoms with Gasteiger partial charge in [-0.3, -0.25) is 10.1 Å². The maximum absolute atomic E-state index is 9.80. The minimum absolute atomic E-state index is 0.419. The van der Waals surface area contributed by atoms with Crippen LogP contribution in [0.1, 0.15) is 16.5 Å². The number of rotatable bonds is 3. The zero-order valence-corrected chi connectivity index (χ0v) is 8.16. The van der Waals surface area contributed by atoms with Crippen LogP contribution in [0.15, 0.2) is 17.9 Å². The molecule has 74 valence electrons. The summed E-state index contributed by atoms with van der Waals surface area (Å²) in [7, 11) is 0. The third kappa shape index (κ3) is 1.75. The van der Waals surface area contributed by atoms with Crippen LogP contribution in [-0.4, -0.2) is 20.3 Å². The summed E-state index contributed by atoms with van der Waals surface area (Å²) in [5.41, 5.74) is 7.95. The molecule has 1 unspecified atom stereocenters. The number of nitrogens with zero attached hydrogens (tertiary/aromatic N) is 2. The van der Waals surface area contributed by atoms with Crippen molar-refractivity contribution in [1.82, 2.24) is 15.2 Å². The van der Waals surface area contributed by atoms with E-state index in [4.69, 9.17) is 5.73 Å². The molecule has 0 amide bonds.